The van der Waals surface area contributed by atoms with Gasteiger partial charge in [0.25, 0.3) is 5.91 Å². The van der Waals surface area contributed by atoms with Gasteiger partial charge in [-0.1, -0.05) is 29.8 Å². The van der Waals surface area contributed by atoms with Crippen molar-refractivity contribution >= 4 is 34.4 Å². The van der Waals surface area contributed by atoms with E-state index in [1.165, 1.54) is 0 Å². The monoisotopic (exact) mass is 313 g/mol. The highest BCUT2D eigenvalue weighted by molar-refractivity contribution is 6.34. The molecule has 0 radical (unpaired) electrons. The molecule has 0 aliphatic carbocycles. The van der Waals surface area contributed by atoms with E-state index in [-0.39, 0.29) is 10.6 Å². The molecule has 1 amide bonds. The molecule has 0 unspecified atom stereocenters. The third kappa shape index (κ3) is 2.51. The summed E-state index contributed by atoms with van der Waals surface area (Å²) in [6, 6.07) is 9.52. The van der Waals surface area contributed by atoms with E-state index in [0.717, 1.165) is 16.6 Å². The van der Waals surface area contributed by atoms with E-state index in [4.69, 9.17) is 22.7 Å². The topological polar surface area (TPSA) is 96.8 Å². The summed E-state index contributed by atoms with van der Waals surface area (Å²) in [5, 5.41) is 10.5. The third-order valence-electron chi connectivity index (χ3n) is 3.17. The lowest BCUT2D eigenvalue weighted by Crippen LogP contribution is -2.35. The van der Waals surface area contributed by atoms with Gasteiger partial charge in [0, 0.05) is 24.0 Å². The average molecular weight is 314 g/mol. The van der Waals surface area contributed by atoms with Crippen LogP contribution in [-0.2, 0) is 0 Å². The van der Waals surface area contributed by atoms with Gasteiger partial charge in [0.2, 0.25) is 0 Å². The Morgan fingerprint density at radius 1 is 1.27 bits per heavy atom. The first-order valence-corrected chi connectivity index (χ1v) is 6.81. The van der Waals surface area contributed by atoms with E-state index in [2.05, 4.69) is 10.3 Å². The average Bonchev–Trinajstić information content (AvgIpc) is 2.88. The highest BCUT2D eigenvalue weighted by atomic mass is 35.5. The second-order valence-corrected chi connectivity index (χ2v) is 5.05. The molecule has 3 rings (SSSR count). The number of halogens is 1. The molecule has 0 spiro atoms. The molecule has 110 valence electrons. The summed E-state index contributed by atoms with van der Waals surface area (Å²) in [5.41, 5.74) is 7.12. The van der Waals surface area contributed by atoms with Crippen molar-refractivity contribution in [2.45, 2.75) is 0 Å². The number of carbonyl (C=O) groups is 1. The number of pyridine rings is 1. The van der Waals surface area contributed by atoms with Gasteiger partial charge >= 0.3 is 0 Å². The zero-order valence-corrected chi connectivity index (χ0v) is 12.1. The molecule has 0 saturated carbocycles. The number of aromatic nitrogens is 2. The normalized spacial score (nSPS) is 10.6. The molecular formula is C15H12ClN5O. The Balaban J connectivity index is 2.09. The second kappa shape index (κ2) is 5.50. The molecule has 0 bridgehead atoms. The van der Waals surface area contributed by atoms with E-state index >= 15 is 0 Å². The van der Waals surface area contributed by atoms with Crippen LogP contribution in [0.4, 0.5) is 0 Å². The number of carbonyl (C=O) groups excluding carboxylic acids is 1. The maximum absolute atomic E-state index is 11.9. The standard InChI is InChI=1S/C15H12ClN5O/c16-11-8-21(7-10(11)14(22)20-15(17)18)13-5-6-19-12-4-2-1-3-9(12)13/h1-8H,(H4,17,18,20,22). The Kier molecular flexibility index (Phi) is 3.52. The minimum Gasteiger partial charge on any atom is -0.370 e. The SMILES string of the molecule is N=C(N)NC(=O)c1cn(-c2ccnc3ccccc23)cc1Cl. The van der Waals surface area contributed by atoms with Gasteiger partial charge in [0.05, 0.1) is 21.8 Å². The number of nitrogens with one attached hydrogen (secondary N) is 2. The van der Waals surface area contributed by atoms with Crippen molar-refractivity contribution in [2.75, 3.05) is 0 Å². The lowest BCUT2D eigenvalue weighted by molar-refractivity contribution is 0.0976. The largest absolute Gasteiger partial charge is 0.370 e. The number of hydrogen-bond acceptors (Lipinski definition) is 3. The van der Waals surface area contributed by atoms with E-state index < -0.39 is 11.9 Å². The van der Waals surface area contributed by atoms with Gasteiger partial charge in [-0.15, -0.1) is 0 Å². The number of guanidine groups is 1. The van der Waals surface area contributed by atoms with Crippen LogP contribution in [-0.4, -0.2) is 21.4 Å². The Morgan fingerprint density at radius 3 is 2.82 bits per heavy atom. The van der Waals surface area contributed by atoms with Crippen LogP contribution in [0.3, 0.4) is 0 Å². The van der Waals surface area contributed by atoms with Gasteiger partial charge in [0.15, 0.2) is 5.96 Å². The number of benzene rings is 1. The first-order valence-electron chi connectivity index (χ1n) is 6.43. The van der Waals surface area contributed by atoms with Crippen LogP contribution < -0.4 is 11.1 Å². The van der Waals surface area contributed by atoms with Gasteiger partial charge in [0.1, 0.15) is 0 Å². The van der Waals surface area contributed by atoms with Crippen molar-refractivity contribution in [2.24, 2.45) is 5.73 Å². The fourth-order valence-electron chi connectivity index (χ4n) is 2.23. The van der Waals surface area contributed by atoms with Crippen molar-refractivity contribution in [1.82, 2.24) is 14.9 Å². The van der Waals surface area contributed by atoms with Crippen molar-refractivity contribution in [1.29, 1.82) is 5.41 Å². The molecule has 7 heteroatoms. The molecule has 22 heavy (non-hydrogen) atoms. The molecule has 0 fully saturated rings. The van der Waals surface area contributed by atoms with Crippen molar-refractivity contribution in [3.8, 4) is 5.69 Å². The molecule has 3 aromatic rings. The number of nitrogens with zero attached hydrogens (tertiary/aromatic N) is 2. The molecular weight excluding hydrogens is 302 g/mol. The van der Waals surface area contributed by atoms with Gasteiger partial charge in [-0.2, -0.15) is 0 Å². The van der Waals surface area contributed by atoms with Gasteiger partial charge in [-0.25, -0.2) is 0 Å². The van der Waals surface area contributed by atoms with E-state index in [9.17, 15) is 4.79 Å². The number of fused-ring (bicyclic) bond motifs is 1. The Labute approximate surface area is 131 Å². The lowest BCUT2D eigenvalue weighted by atomic mass is 10.2. The Bertz CT molecular complexity index is 881. The summed E-state index contributed by atoms with van der Waals surface area (Å²) in [6.45, 7) is 0. The van der Waals surface area contributed by atoms with Crippen LogP contribution in [0.2, 0.25) is 5.02 Å². The fraction of sp³-hybridized carbons (Fsp3) is 0. The molecule has 2 aromatic heterocycles. The Morgan fingerprint density at radius 2 is 2.05 bits per heavy atom. The summed E-state index contributed by atoms with van der Waals surface area (Å²) >= 11 is 6.12. The maximum atomic E-state index is 11.9. The molecule has 4 N–H and O–H groups in total. The summed E-state index contributed by atoms with van der Waals surface area (Å²) in [4.78, 5) is 16.2. The number of rotatable bonds is 2. The van der Waals surface area contributed by atoms with Crippen LogP contribution in [0.15, 0.2) is 48.9 Å². The van der Waals surface area contributed by atoms with Gasteiger partial charge in [-0.05, 0) is 12.1 Å². The van der Waals surface area contributed by atoms with E-state index in [1.54, 1.807) is 23.2 Å². The van der Waals surface area contributed by atoms with Crippen molar-refractivity contribution in [3.63, 3.8) is 0 Å². The van der Waals surface area contributed by atoms with Gasteiger partial charge in [-0.3, -0.25) is 20.5 Å². The highest BCUT2D eigenvalue weighted by Gasteiger charge is 2.15. The van der Waals surface area contributed by atoms with Crippen LogP contribution >= 0.6 is 11.6 Å². The summed E-state index contributed by atoms with van der Waals surface area (Å²) in [7, 11) is 0. The summed E-state index contributed by atoms with van der Waals surface area (Å²) in [5.74, 6) is -0.946. The molecule has 0 saturated heterocycles. The van der Waals surface area contributed by atoms with Crippen LogP contribution in [0.1, 0.15) is 10.4 Å². The first-order chi connectivity index (χ1) is 10.6. The molecule has 0 aliphatic heterocycles. The maximum Gasteiger partial charge on any atom is 0.261 e. The van der Waals surface area contributed by atoms with E-state index in [0.29, 0.717) is 0 Å². The second-order valence-electron chi connectivity index (χ2n) is 4.64. The van der Waals surface area contributed by atoms with Crippen LogP contribution in [0.5, 0.6) is 0 Å². The quantitative estimate of drug-likeness (QED) is 0.500. The number of para-hydroxylation sites is 1. The van der Waals surface area contributed by atoms with Crippen LogP contribution in [0.25, 0.3) is 16.6 Å². The Hall–Kier alpha value is -2.86. The molecule has 0 atom stereocenters. The summed E-state index contributed by atoms with van der Waals surface area (Å²) < 4.78 is 1.75. The van der Waals surface area contributed by atoms with Crippen molar-refractivity contribution < 1.29 is 4.79 Å². The van der Waals surface area contributed by atoms with Crippen molar-refractivity contribution in [3.05, 3.63) is 59.5 Å². The highest BCUT2D eigenvalue weighted by Crippen LogP contribution is 2.25. The lowest BCUT2D eigenvalue weighted by Gasteiger charge is -2.06. The van der Waals surface area contributed by atoms with Crippen LogP contribution in [0, 0.1) is 5.41 Å². The zero-order chi connectivity index (χ0) is 15.7. The predicted molar refractivity (Wildman–Crippen MR) is 85.5 cm³/mol. The number of hydrogen-bond donors (Lipinski definition) is 3. The summed E-state index contributed by atoms with van der Waals surface area (Å²) in [6.07, 6.45) is 4.93. The number of amides is 1. The first kappa shape index (κ1) is 14.1. The van der Waals surface area contributed by atoms with Gasteiger partial charge < -0.3 is 10.3 Å². The third-order valence-corrected chi connectivity index (χ3v) is 3.48. The molecule has 1 aromatic carbocycles. The fourth-order valence-corrected chi connectivity index (χ4v) is 2.47. The predicted octanol–water partition coefficient (Wildman–Crippen LogP) is 2.30. The number of nitrogens with two attached hydrogens (primary N) is 1. The molecule has 0 aliphatic rings. The minimum atomic E-state index is -0.519. The molecule has 6 nitrogen and oxygen atoms in total. The van der Waals surface area contributed by atoms with E-state index in [1.807, 2.05) is 30.3 Å². The zero-order valence-electron chi connectivity index (χ0n) is 11.4. The minimum absolute atomic E-state index is 0.248. The molecule has 2 heterocycles. The smallest absolute Gasteiger partial charge is 0.261 e.